The number of ether oxygens (including phenoxy) is 1. The summed E-state index contributed by atoms with van der Waals surface area (Å²) in [7, 11) is 0. The van der Waals surface area contributed by atoms with Crippen LogP contribution in [0, 0.1) is 39.8 Å². The van der Waals surface area contributed by atoms with Crippen LogP contribution in [-0.2, 0) is 20.4 Å². The zero-order valence-electron chi connectivity index (χ0n) is 33.4. The third-order valence-electron chi connectivity index (χ3n) is 12.2. The molecule has 12 rings (SSSR count). The van der Waals surface area contributed by atoms with E-state index in [4.69, 9.17) is 14.7 Å². The quantitative estimate of drug-likeness (QED) is 0.101. The summed E-state index contributed by atoms with van der Waals surface area (Å²) in [6.45, 7) is 8.87. The largest absolute Gasteiger partial charge is 2.00 e. The van der Waals surface area contributed by atoms with E-state index in [1.165, 1.54) is 44.5 Å². The van der Waals surface area contributed by atoms with E-state index >= 15 is 0 Å². The van der Waals surface area contributed by atoms with Crippen molar-refractivity contribution in [3.05, 3.63) is 180 Å². The first-order chi connectivity index (χ1) is 28.9. The van der Waals surface area contributed by atoms with Gasteiger partial charge in [0.25, 0.3) is 0 Å². The second-order valence-corrected chi connectivity index (χ2v) is 15.8. The Morgan fingerprint density at radius 3 is 1.42 bits per heavy atom. The first-order valence-corrected chi connectivity index (χ1v) is 20.1. The number of aromatic nitrogens is 4. The van der Waals surface area contributed by atoms with Gasteiger partial charge in [-0.25, -0.2) is 0 Å². The zero-order valence-corrected chi connectivity index (χ0v) is 34.9. The summed E-state index contributed by atoms with van der Waals surface area (Å²) in [6.07, 6.45) is 0. The first kappa shape index (κ1) is 36.3. The van der Waals surface area contributed by atoms with Crippen LogP contribution in [0.15, 0.2) is 146 Å². The number of imidazole rings is 2. The van der Waals surface area contributed by atoms with Crippen molar-refractivity contribution in [1.29, 1.82) is 0 Å². The molecule has 60 heavy (non-hydrogen) atoms. The summed E-state index contributed by atoms with van der Waals surface area (Å²) < 4.78 is 11.3. The van der Waals surface area contributed by atoms with E-state index in [9.17, 15) is 0 Å². The van der Waals surface area contributed by atoms with Gasteiger partial charge in [-0.05, 0) is 119 Å². The minimum absolute atomic E-state index is 0. The molecule has 0 saturated carbocycles. The smallest absolute Gasteiger partial charge is 0.497 e. The van der Waals surface area contributed by atoms with Crippen LogP contribution in [0.3, 0.4) is 0 Å². The van der Waals surface area contributed by atoms with Crippen molar-refractivity contribution in [3.8, 4) is 33.8 Å². The van der Waals surface area contributed by atoms with Crippen molar-refractivity contribution in [2.24, 2.45) is 0 Å². The molecule has 0 bridgehead atoms. The van der Waals surface area contributed by atoms with Crippen molar-refractivity contribution >= 4 is 76.7 Å². The summed E-state index contributed by atoms with van der Waals surface area (Å²) in [4.78, 5) is 10.4. The van der Waals surface area contributed by atoms with Gasteiger partial charge in [0.2, 0.25) is 0 Å². The number of hydrogen-bond acceptors (Lipinski definition) is 3. The van der Waals surface area contributed by atoms with Gasteiger partial charge in [0, 0.05) is 22.5 Å². The monoisotopic (exact) mass is 862 g/mol. The molecule has 5 nitrogen and oxygen atoms in total. The van der Waals surface area contributed by atoms with Crippen LogP contribution >= 0.6 is 0 Å². The Balaban J connectivity index is 0.00000408. The third kappa shape index (κ3) is 5.28. The minimum atomic E-state index is 0. The molecule has 0 aliphatic carbocycles. The summed E-state index contributed by atoms with van der Waals surface area (Å²) in [5, 5.41) is 6.21. The average molecular weight is 863 g/mol. The van der Waals surface area contributed by atoms with Gasteiger partial charge in [-0.2, -0.15) is 0 Å². The number of para-hydroxylation sites is 5. The van der Waals surface area contributed by atoms with E-state index in [0.29, 0.717) is 11.5 Å². The molecule has 0 radical (unpaired) electrons. The maximum Gasteiger partial charge on any atom is 2.00 e. The number of benzene rings is 8. The summed E-state index contributed by atoms with van der Waals surface area (Å²) >= 11 is 0. The molecule has 0 N–H and O–H groups in total. The van der Waals surface area contributed by atoms with Crippen LogP contribution in [-0.4, -0.2) is 18.8 Å². The Labute approximate surface area is 360 Å². The molecule has 0 aliphatic rings. The Morgan fingerprint density at radius 1 is 0.417 bits per heavy atom. The van der Waals surface area contributed by atoms with Crippen LogP contribution in [0.25, 0.3) is 99.0 Å². The van der Waals surface area contributed by atoms with E-state index in [1.54, 1.807) is 0 Å². The van der Waals surface area contributed by atoms with Crippen molar-refractivity contribution in [3.63, 3.8) is 0 Å². The van der Waals surface area contributed by atoms with Gasteiger partial charge in [-0.1, -0.05) is 131 Å². The summed E-state index contributed by atoms with van der Waals surface area (Å²) in [6, 6.07) is 58.8. The molecule has 6 heteroatoms. The van der Waals surface area contributed by atoms with Gasteiger partial charge in [0.1, 0.15) is 0 Å². The van der Waals surface area contributed by atoms with Crippen LogP contribution in [0.4, 0.5) is 0 Å². The molecule has 0 atom stereocenters. The summed E-state index contributed by atoms with van der Waals surface area (Å²) in [5.41, 5.74) is 17.8. The van der Waals surface area contributed by atoms with E-state index < -0.39 is 0 Å². The second-order valence-electron chi connectivity index (χ2n) is 15.8. The standard InChI is InChI=1S/C54H36N4O.Pd/c1-31-13-11-14-32(2)51(31)41-29-40-38-26-24-36(59-35-23-25-37-39-17-5-8-20-47(39)57-48-21-9-6-18-45(48)55-53(57)43(37)27-35)28-44(38)54-56-46-19-7-10-22-49(46)58(54)50(40)30-42(41)52-33(3)15-12-16-34(52)4;/h5-26,29-30H,1-4H3;/q-2;+2. The van der Waals surface area contributed by atoms with Crippen molar-refractivity contribution in [2.75, 3.05) is 0 Å². The Bertz CT molecular complexity index is 3720. The van der Waals surface area contributed by atoms with Gasteiger partial charge in [-0.15, -0.1) is 12.1 Å². The molecule has 0 fully saturated rings. The normalized spacial score (nSPS) is 11.9. The molecule has 0 amide bonds. The summed E-state index contributed by atoms with van der Waals surface area (Å²) in [5.74, 6) is 1.19. The molecule has 0 unspecified atom stereocenters. The Morgan fingerprint density at radius 2 is 0.867 bits per heavy atom. The Hall–Kier alpha value is -6.84. The van der Waals surface area contributed by atoms with E-state index in [-0.39, 0.29) is 20.4 Å². The number of pyridine rings is 2. The predicted octanol–water partition coefficient (Wildman–Crippen LogP) is 13.9. The maximum atomic E-state index is 6.71. The Kier molecular flexibility index (Phi) is 8.22. The molecule has 4 aromatic heterocycles. The fraction of sp³-hybridized carbons (Fsp3) is 0.0741. The van der Waals surface area contributed by atoms with Crippen LogP contribution in [0.1, 0.15) is 22.3 Å². The predicted molar refractivity (Wildman–Crippen MR) is 243 cm³/mol. The molecule has 0 spiro atoms. The SMILES string of the molecule is Cc1cccc(C)c1-c1cc2c3ccc(Oc4[c-]c5c(cc4)c4ccccc4n4c6ccccc6nc54)[c-]c3c3nc4ccccc4n3c2cc1-c1c(C)cccc1C.[Pd+2]. The molecule has 0 aliphatic heterocycles. The van der Waals surface area contributed by atoms with E-state index in [0.717, 1.165) is 76.7 Å². The van der Waals surface area contributed by atoms with Crippen molar-refractivity contribution in [2.45, 2.75) is 27.7 Å². The average Bonchev–Trinajstić information content (AvgIpc) is 3.84. The second kappa shape index (κ2) is 13.6. The van der Waals surface area contributed by atoms with Gasteiger partial charge >= 0.3 is 20.4 Å². The molecule has 12 aromatic rings. The molecule has 288 valence electrons. The molecule has 8 aromatic carbocycles. The minimum Gasteiger partial charge on any atom is -0.497 e. The number of fused-ring (bicyclic) bond motifs is 16. The number of nitrogens with zero attached hydrogens (tertiary/aromatic N) is 4. The van der Waals surface area contributed by atoms with Crippen molar-refractivity contribution < 1.29 is 25.2 Å². The third-order valence-corrected chi connectivity index (χ3v) is 12.2. The van der Waals surface area contributed by atoms with Gasteiger partial charge < -0.3 is 13.5 Å². The fourth-order valence-electron chi connectivity index (χ4n) is 9.64. The van der Waals surface area contributed by atoms with Crippen LogP contribution in [0.5, 0.6) is 11.5 Å². The van der Waals surface area contributed by atoms with Gasteiger partial charge in [-0.3, -0.25) is 9.97 Å². The van der Waals surface area contributed by atoms with Gasteiger partial charge in [0.05, 0.1) is 33.4 Å². The topological polar surface area (TPSA) is 43.8 Å². The molecular formula is C54H36N4OPd. The number of hydrogen-bond donors (Lipinski definition) is 0. The molecule has 4 heterocycles. The zero-order chi connectivity index (χ0) is 39.5. The van der Waals surface area contributed by atoms with E-state index in [1.807, 2.05) is 18.2 Å². The van der Waals surface area contributed by atoms with E-state index in [2.05, 4.69) is 176 Å². The van der Waals surface area contributed by atoms with Crippen molar-refractivity contribution in [1.82, 2.24) is 18.8 Å². The fourth-order valence-corrected chi connectivity index (χ4v) is 9.64. The first-order valence-electron chi connectivity index (χ1n) is 20.1. The van der Waals surface area contributed by atoms with Crippen LogP contribution < -0.4 is 4.74 Å². The molecule has 0 saturated heterocycles. The van der Waals surface area contributed by atoms with Crippen LogP contribution in [0.2, 0.25) is 0 Å². The number of aryl methyl sites for hydroxylation is 4. The maximum absolute atomic E-state index is 6.71. The number of rotatable bonds is 4. The van der Waals surface area contributed by atoms with Gasteiger partial charge in [0.15, 0.2) is 0 Å². The molecular weight excluding hydrogens is 827 g/mol.